The average molecular weight is 438 g/mol. The smallest absolute Gasteiger partial charge is 0.273 e. The molecule has 29 heavy (non-hydrogen) atoms. The van der Waals surface area contributed by atoms with Gasteiger partial charge in [-0.05, 0) is 18.2 Å². The van der Waals surface area contributed by atoms with Gasteiger partial charge < -0.3 is 19.7 Å². The van der Waals surface area contributed by atoms with Crippen molar-refractivity contribution in [1.29, 1.82) is 0 Å². The highest BCUT2D eigenvalue weighted by atomic mass is 35.5. The maximum absolute atomic E-state index is 12.2. The zero-order chi connectivity index (χ0) is 21.2. The number of amides is 1. The average Bonchev–Trinajstić information content (AvgIpc) is 2.72. The largest absolute Gasteiger partial charge is 0.398 e. The summed E-state index contributed by atoms with van der Waals surface area (Å²) >= 11 is 12.4. The van der Waals surface area contributed by atoms with Gasteiger partial charge >= 0.3 is 0 Å². The van der Waals surface area contributed by atoms with Gasteiger partial charge in [0.05, 0.1) is 6.61 Å². The predicted octanol–water partition coefficient (Wildman–Crippen LogP) is 3.66. The van der Waals surface area contributed by atoms with E-state index >= 15 is 0 Å². The molecule has 0 aliphatic rings. The number of likely N-dealkylation sites (N-methyl/N-ethyl adjacent to an activating group) is 1. The topological polar surface area (TPSA) is 81.5 Å². The monoisotopic (exact) mass is 437 g/mol. The molecule has 0 saturated heterocycles. The molecule has 9 heteroatoms. The van der Waals surface area contributed by atoms with Gasteiger partial charge in [0, 0.05) is 40.9 Å². The maximum atomic E-state index is 12.2. The Morgan fingerprint density at radius 3 is 2.52 bits per heavy atom. The molecule has 0 aliphatic carbocycles. The molecule has 0 unspecified atom stereocenters. The van der Waals surface area contributed by atoms with Crippen LogP contribution in [0.1, 0.15) is 16.7 Å². The van der Waals surface area contributed by atoms with E-state index in [0.29, 0.717) is 26.9 Å². The Kier molecular flexibility index (Phi) is 8.92. The fourth-order valence-corrected chi connectivity index (χ4v) is 2.91. The summed E-state index contributed by atoms with van der Waals surface area (Å²) in [6, 6.07) is 12.3. The van der Waals surface area contributed by atoms with Crippen LogP contribution in [-0.4, -0.2) is 45.2 Å². The summed E-state index contributed by atoms with van der Waals surface area (Å²) in [6.45, 7) is 0.229. The van der Waals surface area contributed by atoms with Crippen LogP contribution in [0.2, 0.25) is 10.0 Å². The lowest BCUT2D eigenvalue weighted by molar-refractivity contribution is -0.114. The van der Waals surface area contributed by atoms with E-state index in [1.165, 1.54) is 14.2 Å². The van der Waals surface area contributed by atoms with Gasteiger partial charge in [-0.2, -0.15) is 0 Å². The molecule has 0 radical (unpaired) electrons. The highest BCUT2D eigenvalue weighted by Gasteiger charge is 2.20. The highest BCUT2D eigenvalue weighted by Crippen LogP contribution is 2.23. The molecular formula is C20H21Cl2N3O4. The van der Waals surface area contributed by atoms with Crippen LogP contribution in [0.15, 0.2) is 52.8 Å². The molecule has 0 bridgehead atoms. The van der Waals surface area contributed by atoms with E-state index in [0.717, 1.165) is 5.56 Å². The number of hydrogen-bond donors (Lipinski definition) is 1. The van der Waals surface area contributed by atoms with Crippen molar-refractivity contribution < 1.29 is 19.2 Å². The van der Waals surface area contributed by atoms with E-state index in [2.05, 4.69) is 15.6 Å². The first kappa shape index (κ1) is 22.7. The number of oxime groups is 2. The van der Waals surface area contributed by atoms with Crippen molar-refractivity contribution in [3.63, 3.8) is 0 Å². The minimum atomic E-state index is -0.419. The molecule has 0 saturated carbocycles. The molecule has 0 heterocycles. The van der Waals surface area contributed by atoms with Gasteiger partial charge in [0.1, 0.15) is 19.4 Å². The molecule has 0 fully saturated rings. The summed E-state index contributed by atoms with van der Waals surface area (Å²) in [5.74, 6) is -0.419. The van der Waals surface area contributed by atoms with Crippen molar-refractivity contribution in [2.24, 2.45) is 10.3 Å². The van der Waals surface area contributed by atoms with Crippen molar-refractivity contribution in [2.75, 3.05) is 27.9 Å². The Morgan fingerprint density at radius 1 is 1.10 bits per heavy atom. The quantitative estimate of drug-likeness (QED) is 0.479. The van der Waals surface area contributed by atoms with E-state index in [1.807, 2.05) is 12.1 Å². The summed E-state index contributed by atoms with van der Waals surface area (Å²) in [7, 11) is 4.42. The van der Waals surface area contributed by atoms with Gasteiger partial charge in [0.15, 0.2) is 5.71 Å². The second kappa shape index (κ2) is 11.4. The van der Waals surface area contributed by atoms with Crippen molar-refractivity contribution in [3.05, 3.63) is 69.2 Å². The first-order valence-electron chi connectivity index (χ1n) is 8.56. The van der Waals surface area contributed by atoms with Crippen LogP contribution in [0, 0.1) is 0 Å². The van der Waals surface area contributed by atoms with Crippen molar-refractivity contribution >= 4 is 40.5 Å². The molecule has 2 aromatic rings. The number of carbonyl (C=O) groups excluding carboxylic acids is 1. The second-order valence-electron chi connectivity index (χ2n) is 5.72. The van der Waals surface area contributed by atoms with Crippen LogP contribution in [0.25, 0.3) is 0 Å². The molecule has 154 valence electrons. The van der Waals surface area contributed by atoms with Crippen LogP contribution in [-0.2, 0) is 25.8 Å². The first-order valence-corrected chi connectivity index (χ1v) is 9.32. The predicted molar refractivity (Wildman–Crippen MR) is 114 cm³/mol. The number of halogens is 2. The van der Waals surface area contributed by atoms with Crippen molar-refractivity contribution in [2.45, 2.75) is 6.61 Å². The Hall–Kier alpha value is -2.61. The Bertz CT molecular complexity index is 916. The van der Waals surface area contributed by atoms with Crippen molar-refractivity contribution in [3.8, 4) is 0 Å². The zero-order valence-corrected chi connectivity index (χ0v) is 17.8. The molecule has 1 amide bonds. The first-order chi connectivity index (χ1) is 14.0. The third-order valence-electron chi connectivity index (χ3n) is 3.82. The Balaban J connectivity index is 2.33. The number of benzene rings is 2. The summed E-state index contributed by atoms with van der Waals surface area (Å²) in [4.78, 5) is 22.5. The van der Waals surface area contributed by atoms with Crippen molar-refractivity contribution in [1.82, 2.24) is 5.32 Å². The minimum absolute atomic E-state index is 0.00250. The number of carbonyl (C=O) groups is 1. The fraction of sp³-hybridized carbons (Fsp3) is 0.250. The lowest BCUT2D eigenvalue weighted by atomic mass is 10.0. The second-order valence-corrected chi connectivity index (χ2v) is 6.57. The summed E-state index contributed by atoms with van der Waals surface area (Å²) < 4.78 is 5.20. The zero-order valence-electron chi connectivity index (χ0n) is 16.2. The summed E-state index contributed by atoms with van der Waals surface area (Å²) in [6.07, 6.45) is 0. The molecular weight excluding hydrogens is 417 g/mol. The summed E-state index contributed by atoms with van der Waals surface area (Å²) in [5.41, 5.74) is 2.42. The van der Waals surface area contributed by atoms with Crippen LogP contribution >= 0.6 is 23.2 Å². The van der Waals surface area contributed by atoms with E-state index in [4.69, 9.17) is 37.6 Å². The number of nitrogens with zero attached hydrogens (tertiary/aromatic N) is 2. The highest BCUT2D eigenvalue weighted by molar-refractivity contribution is 6.46. The van der Waals surface area contributed by atoms with Gasteiger partial charge in [-0.1, -0.05) is 57.8 Å². The molecule has 0 aliphatic heterocycles. The molecule has 2 aromatic carbocycles. The van der Waals surface area contributed by atoms with Gasteiger partial charge in [0.2, 0.25) is 0 Å². The molecule has 0 spiro atoms. The number of nitrogens with one attached hydrogen (secondary N) is 1. The molecule has 2 rings (SSSR count). The minimum Gasteiger partial charge on any atom is -0.398 e. The lowest BCUT2D eigenvalue weighted by Crippen LogP contribution is -2.29. The van der Waals surface area contributed by atoms with Crippen LogP contribution in [0.3, 0.4) is 0 Å². The molecule has 7 nitrogen and oxygen atoms in total. The van der Waals surface area contributed by atoms with E-state index in [1.54, 1.807) is 37.4 Å². The standard InChI is InChI=1S/C20H21Cl2N3O4/c1-23-20(26)19(25-28-3)15-8-5-9-17(22)16(15)11-29-24-18(12-27-2)13-6-4-7-14(21)10-13/h4-10H,11-12H2,1-3H3,(H,23,26)/b24-18+,25-19+. The number of methoxy groups -OCH3 is 1. The third kappa shape index (κ3) is 6.19. The van der Waals surface area contributed by atoms with Gasteiger partial charge in [-0.3, -0.25) is 4.79 Å². The number of ether oxygens (including phenoxy) is 1. The van der Waals surface area contributed by atoms with E-state index in [-0.39, 0.29) is 18.9 Å². The van der Waals surface area contributed by atoms with Crippen LogP contribution in [0.4, 0.5) is 0 Å². The molecule has 1 N–H and O–H groups in total. The fourth-order valence-electron chi connectivity index (χ4n) is 2.49. The van der Waals surface area contributed by atoms with E-state index in [9.17, 15) is 4.79 Å². The Labute approximate surface area is 179 Å². The molecule has 0 atom stereocenters. The Morgan fingerprint density at radius 2 is 1.86 bits per heavy atom. The van der Waals surface area contributed by atoms with Gasteiger partial charge in [-0.25, -0.2) is 0 Å². The lowest BCUT2D eigenvalue weighted by Gasteiger charge is -2.12. The van der Waals surface area contributed by atoms with E-state index < -0.39 is 5.91 Å². The SMILES string of the molecule is CNC(=O)/C(=N/OC)c1cccc(Cl)c1CO/N=C(\COC)c1cccc(Cl)c1. The number of rotatable bonds is 9. The maximum Gasteiger partial charge on any atom is 0.273 e. The van der Waals surface area contributed by atoms with Gasteiger partial charge in [0.25, 0.3) is 5.91 Å². The molecule has 0 aromatic heterocycles. The number of hydrogen-bond acceptors (Lipinski definition) is 6. The summed E-state index contributed by atoms with van der Waals surface area (Å²) in [5, 5.41) is 11.5. The van der Waals surface area contributed by atoms with Crippen LogP contribution in [0.5, 0.6) is 0 Å². The third-order valence-corrected chi connectivity index (χ3v) is 4.41. The van der Waals surface area contributed by atoms with Gasteiger partial charge in [-0.15, -0.1) is 0 Å². The normalized spacial score (nSPS) is 11.9. The van der Waals surface area contributed by atoms with Crippen LogP contribution < -0.4 is 5.32 Å².